The molecule has 2 aromatic carbocycles. The average Bonchev–Trinajstić information content (AvgIpc) is 3.11. The van der Waals surface area contributed by atoms with E-state index >= 15 is 0 Å². The molecule has 162 valence electrons. The molecule has 7 heteroatoms. The van der Waals surface area contributed by atoms with E-state index in [-0.39, 0.29) is 11.3 Å². The van der Waals surface area contributed by atoms with Crippen LogP contribution in [-0.4, -0.2) is 24.2 Å². The molecular weight excluding hydrogens is 433 g/mol. The molecule has 0 bridgehead atoms. The molecule has 0 saturated heterocycles. The monoisotopic (exact) mass is 457 g/mol. The van der Waals surface area contributed by atoms with Crippen LogP contribution in [0.5, 0.6) is 0 Å². The highest BCUT2D eigenvalue weighted by Gasteiger charge is 2.35. The Kier molecular flexibility index (Phi) is 5.75. The van der Waals surface area contributed by atoms with Crippen molar-refractivity contribution >= 4 is 52.0 Å². The number of fused-ring (bicyclic) bond motifs is 2. The Balaban J connectivity index is 1.55. The molecule has 1 atom stereocenters. The van der Waals surface area contributed by atoms with Crippen LogP contribution in [0.15, 0.2) is 45.9 Å². The minimum Gasteiger partial charge on any atom is -0.451 e. The maximum absolute atomic E-state index is 12.4. The molecule has 0 saturated carbocycles. The van der Waals surface area contributed by atoms with Crippen LogP contribution in [0.25, 0.3) is 11.0 Å². The van der Waals surface area contributed by atoms with E-state index in [4.69, 9.17) is 27.6 Å². The number of hydrogen-bond acceptors (Lipinski definition) is 4. The SMILES string of the molecule is CCN1c2cc(Cl)c(/C=N\NC(=O)c3cc4cc(Cl)ccc4o3)cc2C(C)CC1(C)C. The zero-order valence-corrected chi connectivity index (χ0v) is 19.5. The summed E-state index contributed by atoms with van der Waals surface area (Å²) in [6.45, 7) is 9.83. The predicted octanol–water partition coefficient (Wildman–Crippen LogP) is 6.62. The van der Waals surface area contributed by atoms with Gasteiger partial charge in [0, 0.05) is 33.7 Å². The molecule has 1 aliphatic heterocycles. The Morgan fingerprint density at radius 1 is 1.29 bits per heavy atom. The largest absolute Gasteiger partial charge is 0.451 e. The highest BCUT2D eigenvalue weighted by Crippen LogP contribution is 2.44. The van der Waals surface area contributed by atoms with Crippen LogP contribution in [0, 0.1) is 0 Å². The van der Waals surface area contributed by atoms with Crippen molar-refractivity contribution in [1.29, 1.82) is 0 Å². The molecule has 0 aliphatic carbocycles. The Morgan fingerprint density at radius 3 is 2.81 bits per heavy atom. The van der Waals surface area contributed by atoms with Crippen LogP contribution in [-0.2, 0) is 0 Å². The number of nitrogens with one attached hydrogen (secondary N) is 1. The second-order valence-corrected chi connectivity index (χ2v) is 9.43. The van der Waals surface area contributed by atoms with Crippen LogP contribution >= 0.6 is 23.2 Å². The summed E-state index contributed by atoms with van der Waals surface area (Å²) in [5.74, 6) is 0.125. The number of carbonyl (C=O) groups excluding carboxylic acids is 1. The van der Waals surface area contributed by atoms with Crippen molar-refractivity contribution in [2.75, 3.05) is 11.4 Å². The first-order valence-corrected chi connectivity index (χ1v) is 11.1. The van der Waals surface area contributed by atoms with E-state index in [1.54, 1.807) is 30.5 Å². The van der Waals surface area contributed by atoms with Gasteiger partial charge in [0.25, 0.3) is 0 Å². The lowest BCUT2D eigenvalue weighted by atomic mass is 9.79. The van der Waals surface area contributed by atoms with E-state index < -0.39 is 5.91 Å². The number of halogens is 2. The topological polar surface area (TPSA) is 57.8 Å². The molecule has 3 aromatic rings. The third kappa shape index (κ3) is 4.17. The fourth-order valence-electron chi connectivity index (χ4n) is 4.56. The molecule has 1 unspecified atom stereocenters. The summed E-state index contributed by atoms with van der Waals surface area (Å²) < 4.78 is 5.57. The summed E-state index contributed by atoms with van der Waals surface area (Å²) in [5.41, 5.74) is 6.35. The van der Waals surface area contributed by atoms with Gasteiger partial charge in [0.2, 0.25) is 0 Å². The van der Waals surface area contributed by atoms with Crippen LogP contribution in [0.1, 0.15) is 61.7 Å². The van der Waals surface area contributed by atoms with E-state index in [1.165, 1.54) is 11.3 Å². The van der Waals surface area contributed by atoms with Crippen LogP contribution in [0.3, 0.4) is 0 Å². The van der Waals surface area contributed by atoms with Gasteiger partial charge in [0.1, 0.15) is 5.58 Å². The predicted molar refractivity (Wildman–Crippen MR) is 128 cm³/mol. The number of anilines is 1. The Morgan fingerprint density at radius 2 is 2.06 bits per heavy atom. The lowest BCUT2D eigenvalue weighted by Crippen LogP contribution is -2.48. The van der Waals surface area contributed by atoms with Gasteiger partial charge in [-0.25, -0.2) is 5.43 Å². The number of benzene rings is 2. The molecular formula is C24H25Cl2N3O2. The highest BCUT2D eigenvalue weighted by atomic mass is 35.5. The summed E-state index contributed by atoms with van der Waals surface area (Å²) >= 11 is 12.6. The molecule has 0 radical (unpaired) electrons. The number of hydrogen-bond donors (Lipinski definition) is 1. The molecule has 5 nitrogen and oxygen atoms in total. The van der Waals surface area contributed by atoms with E-state index in [1.807, 2.05) is 6.07 Å². The summed E-state index contributed by atoms with van der Waals surface area (Å²) in [5, 5.41) is 6.04. The third-order valence-electron chi connectivity index (χ3n) is 5.89. The smallest absolute Gasteiger partial charge is 0.307 e. The Labute approximate surface area is 192 Å². The molecule has 4 rings (SSSR count). The van der Waals surface area contributed by atoms with Gasteiger partial charge in [-0.2, -0.15) is 5.10 Å². The minimum atomic E-state index is -0.440. The summed E-state index contributed by atoms with van der Waals surface area (Å²) in [6, 6.07) is 10.9. The minimum absolute atomic E-state index is 0.0743. The van der Waals surface area contributed by atoms with Crippen molar-refractivity contribution < 1.29 is 9.21 Å². The first-order chi connectivity index (χ1) is 14.7. The number of carbonyl (C=O) groups is 1. The first kappa shape index (κ1) is 21.7. The van der Waals surface area contributed by atoms with Crippen LogP contribution < -0.4 is 10.3 Å². The molecule has 1 aliphatic rings. The fourth-order valence-corrected chi connectivity index (χ4v) is 4.95. The lowest BCUT2D eigenvalue weighted by Gasteiger charge is -2.47. The fraction of sp³-hybridized carbons (Fsp3) is 0.333. The van der Waals surface area contributed by atoms with Crippen molar-refractivity contribution in [3.63, 3.8) is 0 Å². The first-order valence-electron chi connectivity index (χ1n) is 10.3. The maximum atomic E-state index is 12.4. The van der Waals surface area contributed by atoms with E-state index in [0.717, 1.165) is 23.9 Å². The zero-order chi connectivity index (χ0) is 22.3. The van der Waals surface area contributed by atoms with Crippen molar-refractivity contribution in [3.05, 3.63) is 63.3 Å². The number of furan rings is 1. The number of rotatable bonds is 4. The molecule has 2 heterocycles. The van der Waals surface area contributed by atoms with Gasteiger partial charge in [0.05, 0.1) is 11.2 Å². The Bertz CT molecular complexity index is 1180. The van der Waals surface area contributed by atoms with E-state index in [2.05, 4.69) is 49.2 Å². The Hall–Kier alpha value is -2.50. The third-order valence-corrected chi connectivity index (χ3v) is 6.45. The molecule has 1 N–H and O–H groups in total. The standard InChI is InChI=1S/C24H25Cl2N3O2/c1-5-29-20-11-19(26)16(9-18(20)14(2)12-24(29,3)4)13-27-28-23(30)22-10-15-8-17(25)6-7-21(15)31-22/h6-11,13-14H,5,12H2,1-4H3,(H,28,30)/b27-13-. The van der Waals surface area contributed by atoms with Crippen molar-refractivity contribution in [3.8, 4) is 0 Å². The van der Waals surface area contributed by atoms with Gasteiger partial charge in [-0.3, -0.25) is 4.79 Å². The summed E-state index contributed by atoms with van der Waals surface area (Å²) in [7, 11) is 0. The van der Waals surface area contributed by atoms with E-state index in [0.29, 0.717) is 21.5 Å². The van der Waals surface area contributed by atoms with Crippen molar-refractivity contribution in [2.45, 2.75) is 45.6 Å². The summed E-state index contributed by atoms with van der Waals surface area (Å²) in [4.78, 5) is 14.8. The number of nitrogens with zero attached hydrogens (tertiary/aromatic N) is 2. The second-order valence-electron chi connectivity index (χ2n) is 8.59. The summed E-state index contributed by atoms with van der Waals surface area (Å²) in [6.07, 6.45) is 2.63. The highest BCUT2D eigenvalue weighted by molar-refractivity contribution is 6.33. The molecule has 31 heavy (non-hydrogen) atoms. The molecule has 1 aromatic heterocycles. The average molecular weight is 458 g/mol. The normalized spacial score (nSPS) is 17.9. The van der Waals surface area contributed by atoms with Gasteiger partial charge < -0.3 is 9.32 Å². The number of hydrazone groups is 1. The quantitative estimate of drug-likeness (QED) is 0.353. The van der Waals surface area contributed by atoms with Gasteiger partial charge in [-0.15, -0.1) is 0 Å². The maximum Gasteiger partial charge on any atom is 0.307 e. The zero-order valence-electron chi connectivity index (χ0n) is 18.0. The van der Waals surface area contributed by atoms with Crippen molar-refractivity contribution in [2.24, 2.45) is 5.10 Å². The second kappa shape index (κ2) is 8.21. The van der Waals surface area contributed by atoms with Crippen LogP contribution in [0.2, 0.25) is 10.0 Å². The van der Waals surface area contributed by atoms with Crippen LogP contribution in [0.4, 0.5) is 5.69 Å². The molecule has 0 spiro atoms. The number of amides is 1. The van der Waals surface area contributed by atoms with Gasteiger partial charge >= 0.3 is 5.91 Å². The van der Waals surface area contributed by atoms with E-state index in [9.17, 15) is 4.79 Å². The molecule has 0 fully saturated rings. The van der Waals surface area contributed by atoms with Crippen molar-refractivity contribution in [1.82, 2.24) is 5.43 Å². The van der Waals surface area contributed by atoms with Gasteiger partial charge in [-0.1, -0.05) is 30.1 Å². The van der Waals surface area contributed by atoms with Gasteiger partial charge in [0.15, 0.2) is 5.76 Å². The molecule has 1 amide bonds. The van der Waals surface area contributed by atoms with Gasteiger partial charge in [-0.05, 0) is 75.1 Å². The lowest BCUT2D eigenvalue weighted by molar-refractivity contribution is 0.0929.